The van der Waals surface area contributed by atoms with Crippen LogP contribution in [0.15, 0.2) is 17.0 Å². The highest BCUT2D eigenvalue weighted by atomic mass is 35.5. The Bertz CT molecular complexity index is 776. The first-order chi connectivity index (χ1) is 10.5. The van der Waals surface area contributed by atoms with Crippen molar-refractivity contribution >= 4 is 51.1 Å². The molecule has 12 heteroatoms. The number of hydrogen-bond acceptors (Lipinski definition) is 5. The number of carboxylic acids is 3. The normalized spacial score (nSPS) is 12.6. The number of aromatic carboxylic acids is 1. The summed E-state index contributed by atoms with van der Waals surface area (Å²) in [4.78, 5) is 31.7. The van der Waals surface area contributed by atoms with Gasteiger partial charge in [-0.05, 0) is 12.1 Å². The summed E-state index contributed by atoms with van der Waals surface area (Å²) in [6.07, 6.45) is -1.02. The minimum absolute atomic E-state index is 0.318. The molecule has 1 atom stereocenters. The minimum atomic E-state index is -4.60. The molecule has 0 aliphatic carbocycles. The van der Waals surface area contributed by atoms with E-state index in [1.54, 1.807) is 4.72 Å². The summed E-state index contributed by atoms with van der Waals surface area (Å²) in [5.74, 6) is -4.79. The average molecular weight is 386 g/mol. The van der Waals surface area contributed by atoms with Crippen LogP contribution in [0.1, 0.15) is 16.8 Å². The molecule has 1 rings (SSSR count). The standard InChI is InChI=1S/C11H9Cl2NO8S/c12-5-2-6(13)8(1-4(5)10(17)18)23(21,22)14-7(11(19)20)3-9(15)16/h1-2,7,14H,3H2,(H,15,16)(H,17,18)(H,19,20)/t7-/m0/s1. The number of nitrogens with one attached hydrogen (secondary N) is 1. The molecule has 1 aromatic rings. The van der Waals surface area contributed by atoms with Gasteiger partial charge in [0.25, 0.3) is 0 Å². The molecular formula is C11H9Cl2NO8S. The Kier molecular flexibility index (Phi) is 5.94. The van der Waals surface area contributed by atoms with E-state index >= 15 is 0 Å². The minimum Gasteiger partial charge on any atom is -0.481 e. The Hall–Kier alpha value is -1.88. The van der Waals surface area contributed by atoms with E-state index in [1.165, 1.54) is 0 Å². The SMILES string of the molecule is O=C(O)C[C@H](NS(=O)(=O)c1cc(C(=O)O)c(Cl)cc1Cl)C(=O)O. The first kappa shape index (κ1) is 19.2. The van der Waals surface area contributed by atoms with E-state index in [0.717, 1.165) is 6.07 Å². The molecule has 0 aliphatic rings. The summed E-state index contributed by atoms with van der Waals surface area (Å²) in [7, 11) is -4.60. The van der Waals surface area contributed by atoms with Gasteiger partial charge in [0.2, 0.25) is 10.0 Å². The lowest BCUT2D eigenvalue weighted by atomic mass is 10.2. The second-order valence-corrected chi connectivity index (χ2v) is 6.67. The van der Waals surface area contributed by atoms with Gasteiger partial charge in [-0.1, -0.05) is 23.2 Å². The van der Waals surface area contributed by atoms with Crippen molar-refractivity contribution in [3.63, 3.8) is 0 Å². The van der Waals surface area contributed by atoms with Gasteiger partial charge in [0.1, 0.15) is 10.9 Å². The summed E-state index contributed by atoms with van der Waals surface area (Å²) in [5, 5.41) is 25.6. The van der Waals surface area contributed by atoms with Gasteiger partial charge in [0, 0.05) is 0 Å². The van der Waals surface area contributed by atoms with E-state index in [9.17, 15) is 22.8 Å². The first-order valence-electron chi connectivity index (χ1n) is 5.65. The lowest BCUT2D eigenvalue weighted by Crippen LogP contribution is -2.42. The van der Waals surface area contributed by atoms with Crippen LogP contribution in [0.4, 0.5) is 0 Å². The Morgan fingerprint density at radius 3 is 2.09 bits per heavy atom. The van der Waals surface area contributed by atoms with Crippen molar-refractivity contribution < 1.29 is 38.1 Å². The number of carbonyl (C=O) groups is 3. The van der Waals surface area contributed by atoms with Crippen LogP contribution in [0.5, 0.6) is 0 Å². The fourth-order valence-corrected chi connectivity index (χ4v) is 3.55. The number of rotatable bonds is 7. The van der Waals surface area contributed by atoms with Crippen molar-refractivity contribution in [2.24, 2.45) is 0 Å². The smallest absolute Gasteiger partial charge is 0.337 e. The van der Waals surface area contributed by atoms with Crippen molar-refractivity contribution in [1.29, 1.82) is 0 Å². The fraction of sp³-hybridized carbons (Fsp3) is 0.182. The summed E-state index contributed by atoms with van der Waals surface area (Å²) in [6, 6.07) is -0.444. The molecule has 0 bridgehead atoms. The third-order valence-corrected chi connectivity index (χ3v) is 4.76. The second kappa shape index (κ2) is 7.13. The van der Waals surface area contributed by atoms with Crippen molar-refractivity contribution in [1.82, 2.24) is 4.72 Å². The zero-order valence-electron chi connectivity index (χ0n) is 11.0. The zero-order valence-corrected chi connectivity index (χ0v) is 13.3. The van der Waals surface area contributed by atoms with Gasteiger partial charge in [-0.25, -0.2) is 13.2 Å². The molecule has 0 amide bonds. The van der Waals surface area contributed by atoms with Gasteiger partial charge in [0.05, 0.1) is 22.0 Å². The molecule has 9 nitrogen and oxygen atoms in total. The molecular weight excluding hydrogens is 377 g/mol. The third kappa shape index (κ3) is 4.79. The lowest BCUT2D eigenvalue weighted by Gasteiger charge is -2.14. The molecule has 0 spiro atoms. The maximum Gasteiger partial charge on any atom is 0.337 e. The highest BCUT2D eigenvalue weighted by molar-refractivity contribution is 7.89. The molecule has 0 saturated carbocycles. The van der Waals surface area contributed by atoms with Crippen molar-refractivity contribution in [2.75, 3.05) is 0 Å². The van der Waals surface area contributed by atoms with E-state index in [2.05, 4.69) is 0 Å². The number of aliphatic carboxylic acids is 2. The molecule has 1 aromatic carbocycles. The van der Waals surface area contributed by atoms with Gasteiger partial charge in [-0.3, -0.25) is 9.59 Å². The van der Waals surface area contributed by atoms with Gasteiger partial charge >= 0.3 is 17.9 Å². The second-order valence-electron chi connectivity index (χ2n) is 4.18. The van der Waals surface area contributed by atoms with E-state index in [4.69, 9.17) is 38.5 Å². The number of halogens is 2. The summed E-state index contributed by atoms with van der Waals surface area (Å²) >= 11 is 11.3. The van der Waals surface area contributed by atoms with E-state index in [0.29, 0.717) is 6.07 Å². The molecule has 0 fully saturated rings. The molecule has 23 heavy (non-hydrogen) atoms. The van der Waals surface area contributed by atoms with Crippen LogP contribution >= 0.6 is 23.2 Å². The third-order valence-electron chi connectivity index (χ3n) is 2.52. The molecule has 4 N–H and O–H groups in total. The van der Waals surface area contributed by atoms with Gasteiger partial charge in [-0.2, -0.15) is 4.72 Å². The van der Waals surface area contributed by atoms with Crippen LogP contribution in [0.2, 0.25) is 10.0 Å². The number of sulfonamides is 1. The van der Waals surface area contributed by atoms with E-state index < -0.39 is 55.9 Å². The Labute approximate surface area is 139 Å². The topological polar surface area (TPSA) is 158 Å². The largest absolute Gasteiger partial charge is 0.481 e. The number of hydrogen-bond donors (Lipinski definition) is 4. The van der Waals surface area contributed by atoms with Crippen LogP contribution in [0, 0.1) is 0 Å². The quantitative estimate of drug-likeness (QED) is 0.538. The van der Waals surface area contributed by atoms with E-state index in [-0.39, 0.29) is 5.02 Å². The molecule has 126 valence electrons. The molecule has 0 unspecified atom stereocenters. The Balaban J connectivity index is 3.32. The predicted molar refractivity (Wildman–Crippen MR) is 77.4 cm³/mol. The molecule has 0 heterocycles. The van der Waals surface area contributed by atoms with Crippen LogP contribution in [-0.2, 0) is 19.6 Å². The molecule has 0 saturated heterocycles. The Morgan fingerprint density at radius 2 is 1.65 bits per heavy atom. The van der Waals surface area contributed by atoms with Crippen LogP contribution in [0.25, 0.3) is 0 Å². The number of carboxylic acid groups (broad SMARTS) is 3. The molecule has 0 aliphatic heterocycles. The highest BCUT2D eigenvalue weighted by Gasteiger charge is 2.30. The van der Waals surface area contributed by atoms with Gasteiger partial charge in [-0.15, -0.1) is 0 Å². The maximum atomic E-state index is 12.1. The lowest BCUT2D eigenvalue weighted by molar-refractivity contribution is -0.145. The predicted octanol–water partition coefficient (Wildman–Crippen LogP) is 0.898. The highest BCUT2D eigenvalue weighted by Crippen LogP contribution is 2.29. The van der Waals surface area contributed by atoms with Gasteiger partial charge in [0.15, 0.2) is 0 Å². The van der Waals surface area contributed by atoms with Crippen molar-refractivity contribution in [3.05, 3.63) is 27.7 Å². The van der Waals surface area contributed by atoms with Crippen molar-refractivity contribution in [3.8, 4) is 0 Å². The van der Waals surface area contributed by atoms with E-state index in [1.807, 2.05) is 0 Å². The zero-order chi connectivity index (χ0) is 17.9. The van der Waals surface area contributed by atoms with Crippen LogP contribution in [-0.4, -0.2) is 47.7 Å². The summed E-state index contributed by atoms with van der Waals surface area (Å²) in [5.41, 5.74) is -0.568. The monoisotopic (exact) mass is 385 g/mol. The summed E-state index contributed by atoms with van der Waals surface area (Å²) in [6.45, 7) is 0. The average Bonchev–Trinajstić information content (AvgIpc) is 2.35. The summed E-state index contributed by atoms with van der Waals surface area (Å²) < 4.78 is 25.9. The van der Waals surface area contributed by atoms with Crippen molar-refractivity contribution in [2.45, 2.75) is 17.4 Å². The molecule has 0 radical (unpaired) electrons. The van der Waals surface area contributed by atoms with Crippen LogP contribution in [0.3, 0.4) is 0 Å². The Morgan fingerprint density at radius 1 is 1.09 bits per heavy atom. The fourth-order valence-electron chi connectivity index (χ4n) is 1.50. The maximum absolute atomic E-state index is 12.1. The first-order valence-corrected chi connectivity index (χ1v) is 7.89. The molecule has 0 aromatic heterocycles. The van der Waals surface area contributed by atoms with Gasteiger partial charge < -0.3 is 15.3 Å². The number of benzene rings is 1. The van der Waals surface area contributed by atoms with Crippen LogP contribution < -0.4 is 4.72 Å².